The lowest BCUT2D eigenvalue weighted by atomic mass is 10.6. The van der Waals surface area contributed by atoms with Crippen molar-refractivity contribution in [2.24, 2.45) is 0 Å². The molecule has 0 amide bonds. The Kier molecular flexibility index (Phi) is 3.40. The fourth-order valence-electron chi connectivity index (χ4n) is 0.621. The third kappa shape index (κ3) is 2.75. The van der Waals surface area contributed by atoms with Crippen molar-refractivity contribution in [1.29, 1.82) is 0 Å². The first-order chi connectivity index (χ1) is 6.00. The van der Waals surface area contributed by atoms with Crippen LogP contribution >= 0.6 is 23.2 Å². The molecule has 0 aliphatic carbocycles. The van der Waals surface area contributed by atoms with Crippen LogP contribution in [0, 0.1) is 5.82 Å². The number of halogens is 3. The van der Waals surface area contributed by atoms with Crippen molar-refractivity contribution in [1.82, 2.24) is 9.97 Å². The molecule has 1 aromatic heterocycles. The summed E-state index contributed by atoms with van der Waals surface area (Å²) in [5.41, 5.74) is 0. The molecule has 1 rings (SSSR count). The van der Waals surface area contributed by atoms with E-state index in [1.807, 2.05) is 0 Å². The van der Waals surface area contributed by atoms with Crippen LogP contribution in [0.3, 0.4) is 0 Å². The first-order valence-electron chi connectivity index (χ1n) is 3.00. The second-order valence-electron chi connectivity index (χ2n) is 2.03. The van der Waals surface area contributed by atoms with Gasteiger partial charge in [0.2, 0.25) is 0 Å². The molecule has 0 radical (unpaired) electrons. The molecule has 0 saturated heterocycles. The van der Waals surface area contributed by atoms with Crippen molar-refractivity contribution in [3.05, 3.63) is 21.9 Å². The predicted octanol–water partition coefficient (Wildman–Crippen LogP) is 1.03. The lowest BCUT2D eigenvalue weighted by Crippen LogP contribution is -1.99. The minimum absolute atomic E-state index is 0.118. The maximum absolute atomic E-state index is 12.7. The molecule has 0 aliphatic rings. The van der Waals surface area contributed by atoms with Gasteiger partial charge in [-0.05, 0) is 0 Å². The van der Waals surface area contributed by atoms with Crippen LogP contribution in [0.1, 0.15) is 5.82 Å². The van der Waals surface area contributed by atoms with Crippen molar-refractivity contribution in [3.63, 3.8) is 0 Å². The van der Waals surface area contributed by atoms with Crippen molar-refractivity contribution < 1.29 is 12.8 Å². The van der Waals surface area contributed by atoms with Gasteiger partial charge in [0.05, 0.1) is 0 Å². The van der Waals surface area contributed by atoms with Crippen LogP contribution in [0.5, 0.6) is 0 Å². The Labute approximate surface area is 84.7 Å². The van der Waals surface area contributed by atoms with E-state index in [9.17, 15) is 12.8 Å². The fraction of sp³-hybridized carbons (Fsp3) is 0.200. The monoisotopic (exact) mass is 244 g/mol. The van der Waals surface area contributed by atoms with Gasteiger partial charge in [-0.1, -0.05) is 23.2 Å². The molecule has 0 bridgehead atoms. The zero-order valence-electron chi connectivity index (χ0n) is 6.00. The summed E-state index contributed by atoms with van der Waals surface area (Å²) in [6, 6.07) is 0. The Morgan fingerprint density at radius 2 is 1.69 bits per heavy atom. The van der Waals surface area contributed by atoms with Crippen LogP contribution in [0.25, 0.3) is 0 Å². The zero-order chi connectivity index (χ0) is 10.0. The van der Waals surface area contributed by atoms with Crippen LogP contribution in [0.4, 0.5) is 4.39 Å². The van der Waals surface area contributed by atoms with E-state index in [4.69, 9.17) is 23.2 Å². The Morgan fingerprint density at radius 1 is 1.23 bits per heavy atom. The van der Waals surface area contributed by atoms with Crippen LogP contribution in [-0.2, 0) is 16.5 Å². The topological polar surface area (TPSA) is 59.9 Å². The van der Waals surface area contributed by atoms with Crippen LogP contribution < -0.4 is 0 Å². The van der Waals surface area contributed by atoms with E-state index >= 15 is 0 Å². The van der Waals surface area contributed by atoms with Crippen LogP contribution in [0.2, 0.25) is 10.3 Å². The van der Waals surface area contributed by atoms with E-state index in [1.165, 1.54) is 0 Å². The van der Waals surface area contributed by atoms with E-state index in [-0.39, 0.29) is 5.82 Å². The molecular weight excluding hydrogens is 242 g/mol. The van der Waals surface area contributed by atoms with Crippen LogP contribution in [0.15, 0.2) is 0 Å². The number of aromatic nitrogens is 2. The minimum atomic E-state index is -2.68. The zero-order valence-corrected chi connectivity index (χ0v) is 8.41. The average Bonchev–Trinajstić information content (AvgIpc) is 1.98. The summed E-state index contributed by atoms with van der Waals surface area (Å²) in [5, 5.41) is -0.960. The van der Waals surface area contributed by atoms with E-state index in [0.29, 0.717) is 0 Å². The van der Waals surface area contributed by atoms with Crippen molar-refractivity contribution in [2.45, 2.75) is 5.75 Å². The van der Waals surface area contributed by atoms with E-state index < -0.39 is 32.6 Å². The minimum Gasteiger partial charge on any atom is -0.231 e. The number of nitrogens with zero attached hydrogens (tertiary/aromatic N) is 2. The second-order valence-corrected chi connectivity index (χ2v) is 3.72. The Balaban J connectivity index is 3.13. The first-order valence-corrected chi connectivity index (χ1v) is 5.11. The molecule has 13 heavy (non-hydrogen) atoms. The third-order valence-corrected chi connectivity index (χ3v) is 2.13. The van der Waals surface area contributed by atoms with Gasteiger partial charge in [-0.2, -0.15) is 0 Å². The summed E-state index contributed by atoms with van der Waals surface area (Å²) < 4.78 is 33.2. The standard InChI is InChI=1S/C5H3Cl2FN2O2S/c6-4-3(8)5(7)10-2(9-4)1-13(11)12/h13H,1H2. The lowest BCUT2D eigenvalue weighted by Gasteiger charge is -1.98. The van der Waals surface area contributed by atoms with Crippen molar-refractivity contribution in [2.75, 3.05) is 0 Å². The van der Waals surface area contributed by atoms with Gasteiger partial charge in [-0.15, -0.1) is 0 Å². The highest BCUT2D eigenvalue weighted by molar-refractivity contribution is 7.71. The maximum Gasteiger partial charge on any atom is 0.197 e. The van der Waals surface area contributed by atoms with Gasteiger partial charge in [-0.25, -0.2) is 22.8 Å². The Morgan fingerprint density at radius 3 is 2.08 bits per heavy atom. The summed E-state index contributed by atoms with van der Waals surface area (Å²) in [5.74, 6) is -1.48. The normalized spacial score (nSPS) is 10.8. The number of hydrogen-bond acceptors (Lipinski definition) is 4. The summed E-state index contributed by atoms with van der Waals surface area (Å²) in [6.45, 7) is 0. The molecule has 1 heterocycles. The quantitative estimate of drug-likeness (QED) is 0.624. The maximum atomic E-state index is 12.7. The van der Waals surface area contributed by atoms with E-state index in [1.54, 1.807) is 0 Å². The van der Waals surface area contributed by atoms with Gasteiger partial charge in [0, 0.05) is 0 Å². The number of thiol groups is 1. The molecule has 0 saturated carbocycles. The fourth-order valence-corrected chi connectivity index (χ4v) is 1.42. The largest absolute Gasteiger partial charge is 0.231 e. The number of hydrogen-bond donors (Lipinski definition) is 1. The molecule has 4 nitrogen and oxygen atoms in total. The molecule has 0 aromatic carbocycles. The summed E-state index contributed by atoms with van der Waals surface area (Å²) in [7, 11) is -2.68. The van der Waals surface area contributed by atoms with Gasteiger partial charge in [0.15, 0.2) is 16.1 Å². The Bertz CT molecular complexity index is 379. The molecule has 8 heteroatoms. The molecule has 0 spiro atoms. The van der Waals surface area contributed by atoms with Gasteiger partial charge < -0.3 is 0 Å². The highest BCUT2D eigenvalue weighted by Crippen LogP contribution is 2.18. The smallest absolute Gasteiger partial charge is 0.197 e. The molecule has 0 N–H and O–H groups in total. The predicted molar refractivity (Wildman–Crippen MR) is 46.0 cm³/mol. The van der Waals surface area contributed by atoms with E-state index in [0.717, 1.165) is 0 Å². The van der Waals surface area contributed by atoms with Crippen molar-refractivity contribution in [3.8, 4) is 0 Å². The van der Waals surface area contributed by atoms with Gasteiger partial charge in [0.1, 0.15) is 22.3 Å². The van der Waals surface area contributed by atoms with Crippen LogP contribution in [-0.4, -0.2) is 18.4 Å². The third-order valence-electron chi connectivity index (χ3n) is 1.09. The van der Waals surface area contributed by atoms with Crippen molar-refractivity contribution >= 4 is 33.9 Å². The van der Waals surface area contributed by atoms with Gasteiger partial charge in [0.25, 0.3) is 0 Å². The summed E-state index contributed by atoms with van der Waals surface area (Å²) >= 11 is 10.6. The summed E-state index contributed by atoms with van der Waals surface area (Å²) in [4.78, 5) is 6.77. The molecule has 0 aliphatic heterocycles. The lowest BCUT2D eigenvalue weighted by molar-refractivity contribution is 0.604. The first kappa shape index (κ1) is 10.6. The molecule has 72 valence electrons. The van der Waals surface area contributed by atoms with Gasteiger partial charge >= 0.3 is 0 Å². The molecule has 1 aromatic rings. The van der Waals surface area contributed by atoms with Gasteiger partial charge in [-0.3, -0.25) is 0 Å². The second kappa shape index (κ2) is 4.17. The molecule has 0 unspecified atom stereocenters. The summed E-state index contributed by atoms with van der Waals surface area (Å²) in [6.07, 6.45) is 0. The highest BCUT2D eigenvalue weighted by Gasteiger charge is 2.10. The molecular formula is C5H3Cl2FN2O2S. The SMILES string of the molecule is O=[SH](=O)Cc1nc(Cl)c(F)c(Cl)n1. The Hall–Kier alpha value is -0.460. The average molecular weight is 245 g/mol. The van der Waals surface area contributed by atoms with E-state index in [2.05, 4.69) is 9.97 Å². The highest BCUT2D eigenvalue weighted by atomic mass is 35.5. The number of rotatable bonds is 2. The molecule has 0 atom stereocenters. The molecule has 0 fully saturated rings.